The van der Waals surface area contributed by atoms with Crippen LogP contribution < -0.4 is 65.5 Å². The van der Waals surface area contributed by atoms with E-state index in [1.54, 1.807) is 13.8 Å². The molecule has 0 aliphatic rings. The summed E-state index contributed by atoms with van der Waals surface area (Å²) in [6.45, 7) is 2.60. The zero-order valence-corrected chi connectivity index (χ0v) is 37.5. The molecule has 8 atom stereocenters. The Morgan fingerprint density at radius 2 is 0.853 bits per heavy atom. The van der Waals surface area contributed by atoms with Crippen molar-refractivity contribution >= 4 is 82.9 Å². The van der Waals surface area contributed by atoms with Gasteiger partial charge in [-0.25, -0.2) is 0 Å². The summed E-state index contributed by atoms with van der Waals surface area (Å²) in [5, 5.41) is 55.1. The lowest BCUT2D eigenvalue weighted by atomic mass is 10.0. The molecule has 0 unspecified atom stereocenters. The predicted molar refractivity (Wildman–Crippen MR) is 229 cm³/mol. The lowest BCUT2D eigenvalue weighted by Gasteiger charge is -2.27. The van der Waals surface area contributed by atoms with Crippen LogP contribution in [0.5, 0.6) is 0 Å². The van der Waals surface area contributed by atoms with E-state index >= 15 is 0 Å². The Bertz CT molecular complexity index is 1880. The van der Waals surface area contributed by atoms with E-state index in [1.165, 1.54) is 6.92 Å². The summed E-state index contributed by atoms with van der Waals surface area (Å²) in [5.41, 5.74) is 21.2. The molecule has 0 aliphatic carbocycles. The average molecular weight is 975 g/mol. The molecule has 0 aromatic heterocycles. The van der Waals surface area contributed by atoms with Gasteiger partial charge in [0.1, 0.15) is 42.3 Å². The third-order valence-electron chi connectivity index (χ3n) is 9.29. The number of carboxylic acids is 3. The number of carboxylic acid groups (broad SMARTS) is 3. The number of nitrogens with one attached hydrogen (secondary N) is 8. The molecule has 0 heterocycles. The molecule has 0 saturated carbocycles. The minimum Gasteiger partial charge on any atom is -0.481 e. The van der Waals surface area contributed by atoms with Gasteiger partial charge in [0.25, 0.3) is 0 Å². The van der Waals surface area contributed by atoms with E-state index < -0.39 is 189 Å². The van der Waals surface area contributed by atoms with Crippen molar-refractivity contribution in [2.24, 2.45) is 28.9 Å². The largest absolute Gasteiger partial charge is 0.481 e. The van der Waals surface area contributed by atoms with Gasteiger partial charge in [0.05, 0.1) is 25.6 Å². The molecule has 0 aromatic carbocycles. The predicted octanol–water partition coefficient (Wildman–Crippen LogP) is -7.90. The van der Waals surface area contributed by atoms with Gasteiger partial charge < -0.3 is 85.9 Å². The van der Waals surface area contributed by atoms with Gasteiger partial charge in [0, 0.05) is 25.7 Å². The minimum atomic E-state index is -1.96. The molecular formula is C38H62N12O18. The molecule has 0 fully saturated rings. The molecule has 0 spiro atoms. The zero-order chi connectivity index (χ0) is 52.4. The van der Waals surface area contributed by atoms with Crippen molar-refractivity contribution in [3.05, 3.63) is 0 Å². The SMILES string of the molecule is CC(C)C[C@H](NC(=O)[C@H](CCC(=O)O)NC(=O)[C@H](C)NC(=O)CNC(=O)[C@@H](N)CCC(N)=O)C(=O)N[C@@H](CO)C(=O)N[C@@H](CC(N)=O)C(=O)N[C@@H](CCC(=O)O)C(=O)N[C@@H](CCC(=O)O)C(N)=O. The van der Waals surface area contributed by atoms with Crippen LogP contribution in [0.15, 0.2) is 0 Å². The highest BCUT2D eigenvalue weighted by molar-refractivity contribution is 5.99. The van der Waals surface area contributed by atoms with Gasteiger partial charge in [-0.05, 0) is 44.9 Å². The number of hydrogen-bond donors (Lipinski definition) is 16. The third-order valence-corrected chi connectivity index (χ3v) is 9.29. The molecule has 0 rings (SSSR count). The third kappa shape index (κ3) is 25.3. The second kappa shape index (κ2) is 30.7. The van der Waals surface area contributed by atoms with Crippen LogP contribution in [0.1, 0.15) is 85.0 Å². The molecule has 0 bridgehead atoms. The van der Waals surface area contributed by atoms with Crippen molar-refractivity contribution in [2.75, 3.05) is 13.2 Å². The topological polar surface area (TPSA) is 520 Å². The number of carbonyl (C=O) groups is 14. The summed E-state index contributed by atoms with van der Waals surface area (Å²) in [4.78, 5) is 173. The summed E-state index contributed by atoms with van der Waals surface area (Å²) in [7, 11) is 0. The molecule has 68 heavy (non-hydrogen) atoms. The average Bonchev–Trinajstić information content (AvgIpc) is 3.23. The highest BCUT2D eigenvalue weighted by Crippen LogP contribution is 2.09. The Labute approximate surface area is 387 Å². The molecule has 0 radical (unpaired) electrons. The first-order chi connectivity index (χ1) is 31.6. The molecule has 0 aromatic rings. The number of nitrogens with two attached hydrogens (primary N) is 4. The van der Waals surface area contributed by atoms with E-state index in [0.29, 0.717) is 0 Å². The lowest BCUT2D eigenvalue weighted by molar-refractivity contribution is -0.140. The number of aliphatic hydroxyl groups excluding tert-OH is 1. The first kappa shape index (κ1) is 60.5. The first-order valence-electron chi connectivity index (χ1n) is 20.8. The fourth-order valence-corrected chi connectivity index (χ4v) is 5.68. The van der Waals surface area contributed by atoms with Gasteiger partial charge in [-0.1, -0.05) is 13.8 Å². The number of carbonyl (C=O) groups excluding carboxylic acids is 11. The van der Waals surface area contributed by atoms with Crippen LogP contribution in [0.25, 0.3) is 0 Å². The molecule has 30 nitrogen and oxygen atoms in total. The Morgan fingerprint density at radius 1 is 0.456 bits per heavy atom. The molecule has 30 heteroatoms. The number of aliphatic hydroxyl groups is 1. The maximum absolute atomic E-state index is 13.6. The van der Waals surface area contributed by atoms with E-state index in [1.807, 2.05) is 0 Å². The molecule has 20 N–H and O–H groups in total. The molecule has 0 saturated heterocycles. The Kier molecular flexibility index (Phi) is 27.3. The number of aliphatic carboxylic acids is 3. The molecule has 11 amide bonds. The van der Waals surface area contributed by atoms with Crippen LogP contribution in [-0.2, 0) is 67.1 Å². The molecular weight excluding hydrogens is 912 g/mol. The number of hydrogen-bond acceptors (Lipinski definition) is 16. The van der Waals surface area contributed by atoms with Gasteiger partial charge in [0.15, 0.2) is 0 Å². The second-order valence-corrected chi connectivity index (χ2v) is 15.7. The second-order valence-electron chi connectivity index (χ2n) is 15.7. The number of primary amides is 3. The van der Waals surface area contributed by atoms with Crippen molar-refractivity contribution in [1.82, 2.24) is 42.5 Å². The van der Waals surface area contributed by atoms with E-state index in [4.69, 9.17) is 28.0 Å². The standard InChI is InChI=1S/C38H62N12O18/c1-16(2)12-22(48-35(65)20(6-10-29(57)58)46-32(62)17(3)44-27(54)14-43-33(63)18(39)4-8-25(40)52)36(66)50-24(15-51)38(68)49-23(13-26(41)53)37(67)47-21(7-11-30(59)60)34(64)45-19(31(42)61)5-9-28(55)56/h16-24,51H,4-15,39H2,1-3H3,(H2,40,52)(H2,41,53)(H2,42,61)(H,43,63)(H,44,54)(H,45,64)(H,46,62)(H,47,67)(H,48,65)(H,49,68)(H,50,66)(H,55,56)(H,57,58)(H,59,60)/t17-,18-,19-,20-,21-,22-,23-,24-/m0/s1. The van der Waals surface area contributed by atoms with E-state index in [-0.39, 0.29) is 25.2 Å². The van der Waals surface area contributed by atoms with Gasteiger partial charge in [0.2, 0.25) is 65.0 Å². The van der Waals surface area contributed by atoms with Gasteiger partial charge in [-0.3, -0.25) is 67.1 Å². The van der Waals surface area contributed by atoms with E-state index in [2.05, 4.69) is 42.5 Å². The number of amides is 11. The normalized spacial score (nSPS) is 14.3. The molecule has 0 aliphatic heterocycles. The van der Waals surface area contributed by atoms with Gasteiger partial charge in [-0.2, -0.15) is 0 Å². The minimum absolute atomic E-state index is 0.104. The van der Waals surface area contributed by atoms with Gasteiger partial charge >= 0.3 is 17.9 Å². The fraction of sp³-hybridized carbons (Fsp3) is 0.632. The highest BCUT2D eigenvalue weighted by atomic mass is 16.4. The van der Waals surface area contributed by atoms with Crippen molar-refractivity contribution in [3.8, 4) is 0 Å². The lowest BCUT2D eigenvalue weighted by Crippen LogP contribution is -2.61. The van der Waals surface area contributed by atoms with Crippen molar-refractivity contribution in [3.63, 3.8) is 0 Å². The Hall–Kier alpha value is -7.50. The van der Waals surface area contributed by atoms with Crippen LogP contribution in [-0.4, -0.2) is 165 Å². The maximum atomic E-state index is 13.6. The number of rotatable bonds is 34. The van der Waals surface area contributed by atoms with Crippen molar-refractivity contribution in [2.45, 2.75) is 133 Å². The van der Waals surface area contributed by atoms with Crippen LogP contribution in [0, 0.1) is 5.92 Å². The van der Waals surface area contributed by atoms with Gasteiger partial charge in [-0.15, -0.1) is 0 Å². The summed E-state index contributed by atoms with van der Waals surface area (Å²) in [6, 6.07) is -13.0. The highest BCUT2D eigenvalue weighted by Gasteiger charge is 2.35. The van der Waals surface area contributed by atoms with Crippen molar-refractivity contribution < 1.29 is 87.5 Å². The maximum Gasteiger partial charge on any atom is 0.303 e. The van der Waals surface area contributed by atoms with Crippen molar-refractivity contribution in [1.29, 1.82) is 0 Å². The fourth-order valence-electron chi connectivity index (χ4n) is 5.68. The van der Waals surface area contributed by atoms with E-state index in [9.17, 15) is 82.4 Å². The van der Waals surface area contributed by atoms with Crippen LogP contribution in [0.2, 0.25) is 0 Å². The summed E-state index contributed by atoms with van der Waals surface area (Å²) < 4.78 is 0. The Morgan fingerprint density at radius 3 is 1.29 bits per heavy atom. The summed E-state index contributed by atoms with van der Waals surface area (Å²) in [5.74, 6) is -16.4. The zero-order valence-electron chi connectivity index (χ0n) is 37.5. The first-order valence-corrected chi connectivity index (χ1v) is 20.8. The van der Waals surface area contributed by atoms with Crippen LogP contribution in [0.3, 0.4) is 0 Å². The van der Waals surface area contributed by atoms with E-state index in [0.717, 1.165) is 0 Å². The smallest absolute Gasteiger partial charge is 0.303 e. The monoisotopic (exact) mass is 974 g/mol. The quantitative estimate of drug-likeness (QED) is 0.0285. The van der Waals surface area contributed by atoms with Crippen LogP contribution >= 0.6 is 0 Å². The summed E-state index contributed by atoms with van der Waals surface area (Å²) in [6.07, 6.45) is -5.15. The molecule has 382 valence electrons. The Balaban J connectivity index is 6.17. The van der Waals surface area contributed by atoms with Crippen LogP contribution in [0.4, 0.5) is 0 Å². The summed E-state index contributed by atoms with van der Waals surface area (Å²) >= 11 is 0.